The highest BCUT2D eigenvalue weighted by atomic mass is 19.1. The Bertz CT molecular complexity index is 1380. The average Bonchev–Trinajstić information content (AvgIpc) is 3.19. The molecular weight excluding hydrogens is 431 g/mol. The lowest BCUT2D eigenvalue weighted by Gasteiger charge is -2.13. The Morgan fingerprint density at radius 2 is 2.09 bits per heavy atom. The zero-order valence-corrected chi connectivity index (χ0v) is 17.9. The summed E-state index contributed by atoms with van der Waals surface area (Å²) in [4.78, 5) is 39.0. The molecule has 3 heterocycles. The fourth-order valence-corrected chi connectivity index (χ4v) is 3.28. The summed E-state index contributed by atoms with van der Waals surface area (Å²) in [5.74, 6) is -1.48. The lowest BCUT2D eigenvalue weighted by atomic mass is 10.1. The number of aromatic amines is 1. The molecule has 0 aliphatic carbocycles. The summed E-state index contributed by atoms with van der Waals surface area (Å²) in [6.07, 6.45) is 4.27. The van der Waals surface area contributed by atoms with Crippen LogP contribution in [0.2, 0.25) is 0 Å². The number of ether oxygens (including phenoxy) is 1. The smallest absolute Gasteiger partial charge is 0.342 e. The van der Waals surface area contributed by atoms with E-state index >= 15 is 0 Å². The molecule has 4 rings (SSSR count). The van der Waals surface area contributed by atoms with Gasteiger partial charge in [0.2, 0.25) is 11.8 Å². The topological polar surface area (TPSA) is 136 Å². The molecule has 3 aromatic heterocycles. The monoisotopic (exact) mass is 450 g/mol. The van der Waals surface area contributed by atoms with Gasteiger partial charge in [0.05, 0.1) is 22.4 Å². The van der Waals surface area contributed by atoms with Gasteiger partial charge in [0.25, 0.3) is 0 Å². The van der Waals surface area contributed by atoms with Crippen molar-refractivity contribution in [3.05, 3.63) is 69.9 Å². The Labute approximate surface area is 187 Å². The highest BCUT2D eigenvalue weighted by Crippen LogP contribution is 2.32. The number of halogens is 1. The van der Waals surface area contributed by atoms with Gasteiger partial charge in [0.15, 0.2) is 0 Å². The number of aromatic nitrogens is 4. The number of rotatable bonds is 6. The molecule has 0 spiro atoms. The Balaban J connectivity index is 1.82. The lowest BCUT2D eigenvalue weighted by molar-refractivity contribution is -0.387. The quantitative estimate of drug-likeness (QED) is 0.245. The molecule has 1 aromatic carbocycles. The molecule has 4 aromatic rings. The van der Waals surface area contributed by atoms with Crippen LogP contribution in [0.4, 0.5) is 21.7 Å². The number of benzene rings is 1. The number of aryl methyl sites for hydroxylation is 1. The van der Waals surface area contributed by atoms with Gasteiger partial charge in [0.1, 0.15) is 11.2 Å². The van der Waals surface area contributed by atoms with Crippen LogP contribution < -0.4 is 5.32 Å². The second-order valence-corrected chi connectivity index (χ2v) is 7.51. The molecule has 0 radical (unpaired) electrons. The van der Waals surface area contributed by atoms with Crippen LogP contribution >= 0.6 is 0 Å². The Kier molecular flexibility index (Phi) is 5.69. The van der Waals surface area contributed by atoms with Gasteiger partial charge >= 0.3 is 11.7 Å². The first-order valence-electron chi connectivity index (χ1n) is 9.96. The van der Waals surface area contributed by atoms with Crippen molar-refractivity contribution in [3.8, 4) is 11.3 Å². The third-order valence-corrected chi connectivity index (χ3v) is 4.79. The Morgan fingerprint density at radius 3 is 2.82 bits per heavy atom. The fraction of sp³-hybridized carbons (Fsp3) is 0.182. The van der Waals surface area contributed by atoms with E-state index in [0.29, 0.717) is 16.8 Å². The van der Waals surface area contributed by atoms with Crippen LogP contribution in [0.15, 0.2) is 42.9 Å². The van der Waals surface area contributed by atoms with Gasteiger partial charge in [-0.25, -0.2) is 19.7 Å². The number of hydrogen-bond donors (Lipinski definition) is 2. The van der Waals surface area contributed by atoms with Crippen LogP contribution in [0, 0.1) is 22.9 Å². The SMILES string of the molecule is Cc1cc(F)c([N+](=O)[O-])cc1Nc1ncc(C(=O)OC(C)C)c(-c2c[nH]c3ncccc23)n1. The molecule has 0 fully saturated rings. The minimum atomic E-state index is -0.942. The van der Waals surface area contributed by atoms with Crippen LogP contribution in [0.5, 0.6) is 0 Å². The summed E-state index contributed by atoms with van der Waals surface area (Å²) in [5.41, 5.74) is 1.63. The summed E-state index contributed by atoms with van der Waals surface area (Å²) >= 11 is 0. The van der Waals surface area contributed by atoms with E-state index in [4.69, 9.17) is 4.74 Å². The molecule has 0 amide bonds. The molecule has 0 aliphatic rings. The van der Waals surface area contributed by atoms with Crippen LogP contribution in [0.1, 0.15) is 29.8 Å². The van der Waals surface area contributed by atoms with E-state index < -0.39 is 22.4 Å². The molecule has 2 N–H and O–H groups in total. The summed E-state index contributed by atoms with van der Waals surface area (Å²) in [7, 11) is 0. The molecule has 33 heavy (non-hydrogen) atoms. The third-order valence-electron chi connectivity index (χ3n) is 4.79. The van der Waals surface area contributed by atoms with Crippen molar-refractivity contribution in [1.29, 1.82) is 0 Å². The van der Waals surface area contributed by atoms with Gasteiger partial charge in [-0.05, 0) is 44.5 Å². The number of H-pyrrole nitrogens is 1. The van der Waals surface area contributed by atoms with Gasteiger partial charge in [-0.15, -0.1) is 0 Å². The van der Waals surface area contributed by atoms with E-state index in [1.807, 2.05) is 6.07 Å². The van der Waals surface area contributed by atoms with Crippen molar-refractivity contribution in [2.45, 2.75) is 26.9 Å². The Hall–Kier alpha value is -4.41. The minimum Gasteiger partial charge on any atom is -0.459 e. The zero-order valence-electron chi connectivity index (χ0n) is 17.9. The number of esters is 1. The van der Waals surface area contributed by atoms with Crippen molar-refractivity contribution in [2.75, 3.05) is 5.32 Å². The third kappa shape index (κ3) is 4.33. The van der Waals surface area contributed by atoms with E-state index in [9.17, 15) is 19.3 Å². The maximum Gasteiger partial charge on any atom is 0.342 e. The number of carbonyl (C=O) groups is 1. The number of nitro groups is 1. The molecule has 168 valence electrons. The normalized spacial score (nSPS) is 11.1. The van der Waals surface area contributed by atoms with Gasteiger partial charge in [-0.2, -0.15) is 4.39 Å². The maximum atomic E-state index is 13.9. The predicted molar refractivity (Wildman–Crippen MR) is 119 cm³/mol. The standard InChI is InChI=1S/C22H19FN6O4/c1-11(2)33-21(30)15-10-26-22(27-17-8-18(29(31)32)16(23)7-12(17)3)28-19(15)14-9-25-20-13(14)5-4-6-24-20/h4-11H,1-3H3,(H,24,25)(H,26,27,28). The van der Waals surface area contributed by atoms with E-state index in [0.717, 1.165) is 17.5 Å². The first-order chi connectivity index (χ1) is 15.7. The molecule has 0 aliphatic heterocycles. The van der Waals surface area contributed by atoms with Crippen LogP contribution in [0.3, 0.4) is 0 Å². The number of nitro benzene ring substituents is 1. The molecule has 11 heteroatoms. The van der Waals surface area contributed by atoms with Crippen molar-refractivity contribution < 1.29 is 18.8 Å². The largest absolute Gasteiger partial charge is 0.459 e. The number of nitrogens with zero attached hydrogens (tertiary/aromatic N) is 4. The molecule has 10 nitrogen and oxygen atoms in total. The zero-order chi connectivity index (χ0) is 23.7. The number of nitrogens with one attached hydrogen (secondary N) is 2. The van der Waals surface area contributed by atoms with E-state index in [1.165, 1.54) is 6.20 Å². The second-order valence-electron chi connectivity index (χ2n) is 7.51. The number of carbonyl (C=O) groups excluding carboxylic acids is 1. The van der Waals surface area contributed by atoms with Gasteiger partial charge in [-0.3, -0.25) is 10.1 Å². The highest BCUT2D eigenvalue weighted by molar-refractivity contribution is 6.01. The summed E-state index contributed by atoms with van der Waals surface area (Å²) in [5, 5.41) is 14.7. The molecule has 0 saturated carbocycles. The molecule has 0 bridgehead atoms. The van der Waals surface area contributed by atoms with E-state index in [-0.39, 0.29) is 29.0 Å². The van der Waals surface area contributed by atoms with Crippen LogP contribution in [-0.4, -0.2) is 36.9 Å². The highest BCUT2D eigenvalue weighted by Gasteiger charge is 2.22. The number of pyridine rings is 1. The summed E-state index contributed by atoms with van der Waals surface area (Å²) in [6.45, 7) is 5.05. The minimum absolute atomic E-state index is 0.0633. The second kappa shape index (κ2) is 8.61. The predicted octanol–water partition coefficient (Wildman–Crippen LogP) is 4.68. The van der Waals surface area contributed by atoms with Crippen molar-refractivity contribution in [2.24, 2.45) is 0 Å². The van der Waals surface area contributed by atoms with Crippen LogP contribution in [-0.2, 0) is 4.74 Å². The average molecular weight is 450 g/mol. The number of fused-ring (bicyclic) bond motifs is 1. The van der Waals surface area contributed by atoms with Crippen molar-refractivity contribution >= 4 is 34.3 Å². The first-order valence-corrected chi connectivity index (χ1v) is 9.96. The van der Waals surface area contributed by atoms with Gasteiger partial charge in [0, 0.05) is 35.6 Å². The van der Waals surface area contributed by atoms with Gasteiger partial charge < -0.3 is 15.0 Å². The van der Waals surface area contributed by atoms with E-state index in [2.05, 4.69) is 25.3 Å². The van der Waals surface area contributed by atoms with Crippen LogP contribution in [0.25, 0.3) is 22.3 Å². The van der Waals surface area contributed by atoms with E-state index in [1.54, 1.807) is 39.2 Å². The number of hydrogen-bond acceptors (Lipinski definition) is 8. The van der Waals surface area contributed by atoms with Crippen molar-refractivity contribution in [3.63, 3.8) is 0 Å². The molecule has 0 atom stereocenters. The summed E-state index contributed by atoms with van der Waals surface area (Å²) < 4.78 is 19.2. The lowest BCUT2D eigenvalue weighted by Crippen LogP contribution is -2.14. The van der Waals surface area contributed by atoms with Gasteiger partial charge in [-0.1, -0.05) is 0 Å². The fourth-order valence-electron chi connectivity index (χ4n) is 3.28. The molecular formula is C22H19FN6O4. The number of anilines is 2. The summed E-state index contributed by atoms with van der Waals surface area (Å²) in [6, 6.07) is 5.72. The maximum absolute atomic E-state index is 13.9. The Morgan fingerprint density at radius 1 is 1.30 bits per heavy atom. The van der Waals surface area contributed by atoms with Crippen molar-refractivity contribution in [1.82, 2.24) is 19.9 Å². The molecule has 0 saturated heterocycles. The first kappa shape index (κ1) is 21.8. The molecule has 0 unspecified atom stereocenters.